The van der Waals surface area contributed by atoms with Crippen LogP contribution in [0.25, 0.3) is 0 Å². The number of quaternary nitrogens is 1. The standard InChI is InChI=1S/C20H25N3O5/c1-23(12-19(24)21-14-5-7-15(26-2)8-6-14)13-20(25)22-17-11-16(27-3)9-10-18(17)28-4/h5-11H,12-13H2,1-4H3,(H,21,24)(H,22,25)/p+1. The average molecular weight is 388 g/mol. The number of benzene rings is 2. The summed E-state index contributed by atoms with van der Waals surface area (Å²) >= 11 is 0. The van der Waals surface area contributed by atoms with Gasteiger partial charge < -0.3 is 29.7 Å². The molecular weight excluding hydrogens is 362 g/mol. The summed E-state index contributed by atoms with van der Waals surface area (Å²) in [5, 5.41) is 5.59. The number of anilines is 2. The fourth-order valence-electron chi connectivity index (χ4n) is 2.60. The van der Waals surface area contributed by atoms with Crippen LogP contribution in [0, 0.1) is 0 Å². The van der Waals surface area contributed by atoms with Crippen LogP contribution in [0.3, 0.4) is 0 Å². The Hall–Kier alpha value is -3.26. The van der Waals surface area contributed by atoms with Crippen molar-refractivity contribution in [3.05, 3.63) is 42.5 Å². The number of methoxy groups -OCH3 is 3. The van der Waals surface area contributed by atoms with Gasteiger partial charge in [0.05, 0.1) is 34.1 Å². The Labute approximate surface area is 164 Å². The molecule has 0 aliphatic carbocycles. The summed E-state index contributed by atoms with van der Waals surface area (Å²) in [6.07, 6.45) is 0. The number of hydrogen-bond donors (Lipinski definition) is 3. The van der Waals surface area contributed by atoms with Crippen LogP contribution >= 0.6 is 0 Å². The quantitative estimate of drug-likeness (QED) is 0.591. The van der Waals surface area contributed by atoms with Crippen molar-refractivity contribution in [2.24, 2.45) is 0 Å². The zero-order chi connectivity index (χ0) is 20.5. The number of carbonyl (C=O) groups excluding carboxylic acids is 2. The molecule has 0 saturated carbocycles. The maximum absolute atomic E-state index is 12.3. The smallest absolute Gasteiger partial charge is 0.279 e. The van der Waals surface area contributed by atoms with Gasteiger partial charge in [-0.3, -0.25) is 9.59 Å². The van der Waals surface area contributed by atoms with Gasteiger partial charge in [-0.25, -0.2) is 0 Å². The molecule has 0 aliphatic rings. The molecule has 1 atom stereocenters. The fraction of sp³-hybridized carbons (Fsp3) is 0.300. The molecule has 0 spiro atoms. The molecule has 0 aliphatic heterocycles. The minimum atomic E-state index is -0.235. The van der Waals surface area contributed by atoms with E-state index in [1.165, 1.54) is 7.11 Å². The fourth-order valence-corrected chi connectivity index (χ4v) is 2.60. The molecule has 0 aromatic heterocycles. The first kappa shape index (κ1) is 21.0. The van der Waals surface area contributed by atoms with E-state index >= 15 is 0 Å². The molecule has 0 saturated heterocycles. The Morgan fingerprint density at radius 2 is 1.39 bits per heavy atom. The summed E-state index contributed by atoms with van der Waals surface area (Å²) in [6, 6.07) is 12.2. The number of ether oxygens (including phenoxy) is 3. The summed E-state index contributed by atoms with van der Waals surface area (Å²) in [7, 11) is 6.43. The van der Waals surface area contributed by atoms with Gasteiger partial charge >= 0.3 is 0 Å². The highest BCUT2D eigenvalue weighted by atomic mass is 16.5. The highest BCUT2D eigenvalue weighted by Gasteiger charge is 2.16. The van der Waals surface area contributed by atoms with Crippen molar-refractivity contribution >= 4 is 23.2 Å². The second kappa shape index (κ2) is 10.2. The summed E-state index contributed by atoms with van der Waals surface area (Å²) in [5.41, 5.74) is 1.19. The van der Waals surface area contributed by atoms with Gasteiger partial charge in [0.2, 0.25) is 0 Å². The zero-order valence-corrected chi connectivity index (χ0v) is 16.5. The monoisotopic (exact) mass is 388 g/mol. The molecule has 0 bridgehead atoms. The van der Waals surface area contributed by atoms with Gasteiger partial charge in [-0.05, 0) is 36.4 Å². The van der Waals surface area contributed by atoms with E-state index in [-0.39, 0.29) is 24.9 Å². The largest absolute Gasteiger partial charge is 0.497 e. The SMILES string of the molecule is COc1ccc(NC(=O)C[NH+](C)CC(=O)Nc2cc(OC)ccc2OC)cc1. The number of likely N-dealkylation sites (N-methyl/N-ethyl adjacent to an activating group) is 1. The van der Waals surface area contributed by atoms with Gasteiger partial charge in [0, 0.05) is 11.8 Å². The highest BCUT2D eigenvalue weighted by molar-refractivity contribution is 5.94. The molecule has 150 valence electrons. The molecule has 1 unspecified atom stereocenters. The highest BCUT2D eigenvalue weighted by Crippen LogP contribution is 2.28. The van der Waals surface area contributed by atoms with Crippen molar-refractivity contribution in [2.75, 3.05) is 52.1 Å². The third-order valence-electron chi connectivity index (χ3n) is 3.98. The van der Waals surface area contributed by atoms with Gasteiger partial charge in [0.25, 0.3) is 11.8 Å². The number of carbonyl (C=O) groups is 2. The lowest BCUT2D eigenvalue weighted by Crippen LogP contribution is -3.11. The van der Waals surface area contributed by atoms with E-state index in [4.69, 9.17) is 14.2 Å². The summed E-state index contributed by atoms with van der Waals surface area (Å²) < 4.78 is 15.5. The van der Waals surface area contributed by atoms with E-state index in [0.29, 0.717) is 28.6 Å². The Bertz CT molecular complexity index is 808. The molecular formula is C20H26N3O5+. The number of nitrogens with one attached hydrogen (secondary N) is 3. The van der Waals surface area contributed by atoms with E-state index in [9.17, 15) is 9.59 Å². The number of rotatable bonds is 9. The van der Waals surface area contributed by atoms with Crippen LogP contribution < -0.4 is 29.7 Å². The Morgan fingerprint density at radius 3 is 1.96 bits per heavy atom. The Balaban J connectivity index is 1.87. The minimum Gasteiger partial charge on any atom is -0.497 e. The van der Waals surface area contributed by atoms with Crippen LogP contribution in [0.4, 0.5) is 11.4 Å². The third kappa shape index (κ3) is 6.17. The first-order valence-corrected chi connectivity index (χ1v) is 8.72. The second-order valence-electron chi connectivity index (χ2n) is 6.20. The van der Waals surface area contributed by atoms with E-state index < -0.39 is 0 Å². The Kier molecular flexibility index (Phi) is 7.65. The topological polar surface area (TPSA) is 90.3 Å². The van der Waals surface area contributed by atoms with Crippen molar-refractivity contribution in [1.29, 1.82) is 0 Å². The lowest BCUT2D eigenvalue weighted by Gasteiger charge is -2.15. The zero-order valence-electron chi connectivity index (χ0n) is 16.5. The van der Waals surface area contributed by atoms with Crippen molar-refractivity contribution in [3.8, 4) is 17.2 Å². The van der Waals surface area contributed by atoms with Crippen LogP contribution in [-0.4, -0.2) is 53.3 Å². The predicted octanol–water partition coefficient (Wildman–Crippen LogP) is 0.804. The number of hydrogen-bond acceptors (Lipinski definition) is 5. The van der Waals surface area contributed by atoms with Crippen molar-refractivity contribution in [1.82, 2.24) is 0 Å². The van der Waals surface area contributed by atoms with E-state index in [1.54, 1.807) is 63.7 Å². The van der Waals surface area contributed by atoms with Crippen molar-refractivity contribution in [2.45, 2.75) is 0 Å². The van der Waals surface area contributed by atoms with E-state index in [0.717, 1.165) is 4.90 Å². The van der Waals surface area contributed by atoms with Crippen molar-refractivity contribution < 1.29 is 28.7 Å². The molecule has 2 rings (SSSR count). The van der Waals surface area contributed by atoms with Gasteiger partial charge in [0.1, 0.15) is 17.2 Å². The van der Waals surface area contributed by atoms with Crippen LogP contribution in [0.15, 0.2) is 42.5 Å². The average Bonchev–Trinajstić information content (AvgIpc) is 2.68. The maximum Gasteiger partial charge on any atom is 0.279 e. The predicted molar refractivity (Wildman–Crippen MR) is 106 cm³/mol. The molecule has 2 amide bonds. The van der Waals surface area contributed by atoms with E-state index in [2.05, 4.69) is 10.6 Å². The number of amides is 2. The second-order valence-corrected chi connectivity index (χ2v) is 6.20. The molecule has 2 aromatic carbocycles. The van der Waals surface area contributed by atoms with Crippen molar-refractivity contribution in [3.63, 3.8) is 0 Å². The van der Waals surface area contributed by atoms with Gasteiger partial charge in [-0.15, -0.1) is 0 Å². The third-order valence-corrected chi connectivity index (χ3v) is 3.98. The molecule has 8 heteroatoms. The van der Waals surface area contributed by atoms with E-state index in [1.807, 2.05) is 0 Å². The molecule has 8 nitrogen and oxygen atoms in total. The molecule has 2 aromatic rings. The van der Waals surface area contributed by atoms with Gasteiger partial charge in [-0.2, -0.15) is 0 Å². The van der Waals surface area contributed by atoms with Gasteiger partial charge in [-0.1, -0.05) is 0 Å². The molecule has 0 heterocycles. The lowest BCUT2D eigenvalue weighted by molar-refractivity contribution is -0.862. The minimum absolute atomic E-state index is 0.121. The maximum atomic E-state index is 12.3. The van der Waals surface area contributed by atoms with Crippen LogP contribution in [0.2, 0.25) is 0 Å². The van der Waals surface area contributed by atoms with Crippen LogP contribution in [0.1, 0.15) is 0 Å². The molecule has 0 radical (unpaired) electrons. The molecule has 3 N–H and O–H groups in total. The van der Waals surface area contributed by atoms with Crippen LogP contribution in [-0.2, 0) is 9.59 Å². The van der Waals surface area contributed by atoms with Gasteiger partial charge in [0.15, 0.2) is 13.1 Å². The summed E-state index contributed by atoms with van der Waals surface area (Å²) in [4.78, 5) is 25.2. The Morgan fingerprint density at radius 1 is 0.821 bits per heavy atom. The molecule has 28 heavy (non-hydrogen) atoms. The van der Waals surface area contributed by atoms with Crippen LogP contribution in [0.5, 0.6) is 17.2 Å². The first-order valence-electron chi connectivity index (χ1n) is 8.72. The normalized spacial score (nSPS) is 11.3. The molecule has 0 fully saturated rings. The lowest BCUT2D eigenvalue weighted by atomic mass is 10.2. The summed E-state index contributed by atoms with van der Waals surface area (Å²) in [6.45, 7) is 0.269. The first-order chi connectivity index (χ1) is 13.4. The summed E-state index contributed by atoms with van der Waals surface area (Å²) in [5.74, 6) is 1.43.